The van der Waals surface area contributed by atoms with Crippen LogP contribution in [-0.2, 0) is 0 Å². The summed E-state index contributed by atoms with van der Waals surface area (Å²) >= 11 is 1.44. The quantitative estimate of drug-likeness (QED) is 0.653. The van der Waals surface area contributed by atoms with Gasteiger partial charge in [0.2, 0.25) is 4.80 Å². The summed E-state index contributed by atoms with van der Waals surface area (Å²) in [5, 5.41) is 6.38. The van der Waals surface area contributed by atoms with E-state index in [1.54, 1.807) is 42.5 Å². The van der Waals surface area contributed by atoms with Crippen LogP contribution in [0, 0.1) is 0 Å². The molecule has 0 atom stereocenters. The first kappa shape index (κ1) is 17.0. The summed E-state index contributed by atoms with van der Waals surface area (Å²) in [4.78, 5) is 8.97. The van der Waals surface area contributed by atoms with E-state index in [1.807, 2.05) is 17.5 Å². The highest BCUT2D eigenvalue weighted by Gasteiger charge is 2.09. The van der Waals surface area contributed by atoms with E-state index >= 15 is 0 Å². The first-order valence-corrected chi connectivity index (χ1v) is 8.18. The molecule has 128 valence electrons. The van der Waals surface area contributed by atoms with Gasteiger partial charge in [0.15, 0.2) is 0 Å². The molecule has 0 saturated heterocycles. The van der Waals surface area contributed by atoms with Gasteiger partial charge in [-0.05, 0) is 30.3 Å². The van der Waals surface area contributed by atoms with Crippen molar-refractivity contribution in [2.75, 3.05) is 7.05 Å². The molecule has 0 amide bonds. The number of hydrogen-bond acceptors (Lipinski definition) is 5. The third-order valence-corrected chi connectivity index (χ3v) is 4.17. The zero-order chi connectivity index (χ0) is 17.6. The number of alkyl halides is 2. The second kappa shape index (κ2) is 7.80. The van der Waals surface area contributed by atoms with Crippen LogP contribution < -0.4 is 9.54 Å². The zero-order valence-electron chi connectivity index (χ0n) is 13.2. The molecule has 0 spiro atoms. The van der Waals surface area contributed by atoms with Crippen molar-refractivity contribution in [3.63, 3.8) is 0 Å². The fraction of sp³-hybridized carbons (Fsp3) is 0.118. The number of nitrogens with zero attached hydrogens (tertiary/aromatic N) is 4. The highest BCUT2D eigenvalue weighted by atomic mass is 32.1. The van der Waals surface area contributed by atoms with Crippen molar-refractivity contribution >= 4 is 17.6 Å². The third-order valence-electron chi connectivity index (χ3n) is 3.26. The van der Waals surface area contributed by atoms with Crippen LogP contribution in [0.4, 0.5) is 8.78 Å². The largest absolute Gasteiger partial charge is 0.435 e. The predicted molar refractivity (Wildman–Crippen MR) is 93.1 cm³/mol. The van der Waals surface area contributed by atoms with E-state index in [1.165, 1.54) is 23.5 Å². The van der Waals surface area contributed by atoms with Crippen molar-refractivity contribution in [2.24, 2.45) is 10.1 Å². The molecule has 0 unspecified atom stereocenters. The van der Waals surface area contributed by atoms with Crippen LogP contribution in [0.15, 0.2) is 64.3 Å². The Morgan fingerprint density at radius 3 is 2.68 bits per heavy atom. The summed E-state index contributed by atoms with van der Waals surface area (Å²) in [6.07, 6.45) is 5.08. The van der Waals surface area contributed by atoms with E-state index in [2.05, 4.69) is 19.8 Å². The molecule has 25 heavy (non-hydrogen) atoms. The first-order valence-electron chi connectivity index (χ1n) is 7.30. The lowest BCUT2D eigenvalue weighted by atomic mass is 10.2. The Bertz CT molecular complexity index is 918. The second-order valence-electron chi connectivity index (χ2n) is 4.87. The number of ether oxygens (including phenoxy) is 1. The van der Waals surface area contributed by atoms with Crippen molar-refractivity contribution in [2.45, 2.75) is 6.61 Å². The van der Waals surface area contributed by atoms with Gasteiger partial charge in [0.05, 0.1) is 11.9 Å². The van der Waals surface area contributed by atoms with E-state index in [0.29, 0.717) is 4.80 Å². The van der Waals surface area contributed by atoms with Crippen molar-refractivity contribution in [3.05, 3.63) is 64.5 Å². The minimum Gasteiger partial charge on any atom is -0.435 e. The third kappa shape index (κ3) is 4.16. The smallest absolute Gasteiger partial charge is 0.387 e. The van der Waals surface area contributed by atoms with E-state index in [0.717, 1.165) is 16.8 Å². The lowest BCUT2D eigenvalue weighted by molar-refractivity contribution is -0.0498. The molecule has 0 aliphatic rings. The number of thiazole rings is 1. The van der Waals surface area contributed by atoms with Crippen LogP contribution in [0.1, 0.15) is 5.56 Å². The van der Waals surface area contributed by atoms with Crippen molar-refractivity contribution < 1.29 is 13.5 Å². The number of halogens is 2. The fourth-order valence-electron chi connectivity index (χ4n) is 2.14. The molecule has 0 aliphatic heterocycles. The maximum atomic E-state index is 12.3. The summed E-state index contributed by atoms with van der Waals surface area (Å²) in [6.45, 7) is -2.84. The molecule has 5 nitrogen and oxygen atoms in total. The van der Waals surface area contributed by atoms with Gasteiger partial charge < -0.3 is 4.74 Å². The molecular weight excluding hydrogens is 346 g/mol. The Hall–Kier alpha value is -2.87. The molecule has 8 heteroatoms. The average molecular weight is 360 g/mol. The van der Waals surface area contributed by atoms with Gasteiger partial charge in [-0.15, -0.1) is 11.3 Å². The Kier molecular flexibility index (Phi) is 5.30. The Morgan fingerprint density at radius 1 is 1.24 bits per heavy atom. The maximum Gasteiger partial charge on any atom is 0.387 e. The maximum absolute atomic E-state index is 12.3. The number of hydrogen-bond donors (Lipinski definition) is 0. The Morgan fingerprint density at radius 2 is 2.04 bits per heavy atom. The van der Waals surface area contributed by atoms with Gasteiger partial charge in [-0.2, -0.15) is 13.9 Å². The van der Waals surface area contributed by atoms with Crippen LogP contribution in [0.3, 0.4) is 0 Å². The molecule has 0 N–H and O–H groups in total. The lowest BCUT2D eigenvalue weighted by Crippen LogP contribution is -2.11. The van der Waals surface area contributed by atoms with Gasteiger partial charge in [-0.25, -0.2) is 4.68 Å². The zero-order valence-corrected chi connectivity index (χ0v) is 14.0. The van der Waals surface area contributed by atoms with Crippen LogP contribution >= 0.6 is 11.3 Å². The normalized spacial score (nSPS) is 12.2. The summed E-state index contributed by atoms with van der Waals surface area (Å²) in [5.41, 5.74) is 2.47. The molecule has 3 rings (SSSR count). The van der Waals surface area contributed by atoms with Crippen LogP contribution in [0.5, 0.6) is 5.75 Å². The summed E-state index contributed by atoms with van der Waals surface area (Å²) < 4.78 is 30.6. The highest BCUT2D eigenvalue weighted by Crippen LogP contribution is 2.24. The van der Waals surface area contributed by atoms with Crippen molar-refractivity contribution in [3.8, 4) is 17.0 Å². The highest BCUT2D eigenvalue weighted by molar-refractivity contribution is 7.07. The fourth-order valence-corrected chi connectivity index (χ4v) is 2.95. The monoisotopic (exact) mass is 360 g/mol. The summed E-state index contributed by atoms with van der Waals surface area (Å²) in [6, 6.07) is 10.1. The molecule has 0 saturated carbocycles. The number of rotatable bonds is 5. The van der Waals surface area contributed by atoms with Crippen molar-refractivity contribution in [1.82, 2.24) is 9.66 Å². The van der Waals surface area contributed by atoms with Crippen molar-refractivity contribution in [1.29, 1.82) is 0 Å². The molecule has 3 aromatic rings. The minimum atomic E-state index is -2.84. The van der Waals surface area contributed by atoms with Gasteiger partial charge in [0, 0.05) is 35.9 Å². The molecular formula is C17H14F2N4OS. The molecule has 0 radical (unpaired) electrons. The van der Waals surface area contributed by atoms with Crippen LogP contribution in [-0.4, -0.2) is 29.5 Å². The SMILES string of the molecule is CN=c1scc(-c2ccc(OC(F)F)cc2)n1/N=C\c1cccnc1. The van der Waals surface area contributed by atoms with E-state index in [9.17, 15) is 8.78 Å². The first-order chi connectivity index (χ1) is 12.2. The van der Waals surface area contributed by atoms with Gasteiger partial charge in [-0.3, -0.25) is 9.98 Å². The minimum absolute atomic E-state index is 0.111. The Labute approximate surface area is 146 Å². The molecule has 1 aromatic carbocycles. The molecule has 2 heterocycles. The molecule has 0 fully saturated rings. The van der Waals surface area contributed by atoms with E-state index < -0.39 is 6.61 Å². The standard InChI is InChI=1S/C17H14F2N4OS/c1-20-17-23(22-10-12-3-2-8-21-9-12)15(11-25-17)13-4-6-14(7-5-13)24-16(18)19/h2-11,16H,1H3/b20-17?,22-10-. The van der Waals surface area contributed by atoms with Gasteiger partial charge in [-0.1, -0.05) is 6.07 Å². The lowest BCUT2D eigenvalue weighted by Gasteiger charge is -2.06. The number of benzene rings is 1. The van der Waals surface area contributed by atoms with E-state index in [-0.39, 0.29) is 5.75 Å². The average Bonchev–Trinajstić information content (AvgIpc) is 3.04. The topological polar surface area (TPSA) is 51.8 Å². The van der Waals surface area contributed by atoms with Gasteiger partial charge >= 0.3 is 6.61 Å². The molecule has 0 aliphatic carbocycles. The Balaban J connectivity index is 1.95. The number of aromatic nitrogens is 2. The predicted octanol–water partition coefficient (Wildman–Crippen LogP) is 3.63. The van der Waals surface area contributed by atoms with Crippen LogP contribution in [0.25, 0.3) is 11.3 Å². The molecule has 0 bridgehead atoms. The van der Waals surface area contributed by atoms with Crippen LogP contribution in [0.2, 0.25) is 0 Å². The summed E-state index contributed by atoms with van der Waals surface area (Å²) in [5.74, 6) is 0.111. The second-order valence-corrected chi connectivity index (χ2v) is 5.71. The summed E-state index contributed by atoms with van der Waals surface area (Å²) in [7, 11) is 1.69. The van der Waals surface area contributed by atoms with E-state index in [4.69, 9.17) is 0 Å². The van der Waals surface area contributed by atoms with Gasteiger partial charge in [0.25, 0.3) is 0 Å². The number of pyridine rings is 1. The van der Waals surface area contributed by atoms with Gasteiger partial charge in [0.1, 0.15) is 5.75 Å². The molecule has 2 aromatic heterocycles.